The van der Waals surface area contributed by atoms with Gasteiger partial charge in [0.25, 0.3) is 5.91 Å². The summed E-state index contributed by atoms with van der Waals surface area (Å²) in [6.45, 7) is 11.1. The molecule has 0 radical (unpaired) electrons. The average Bonchev–Trinajstić information content (AvgIpc) is 2.98. The minimum atomic E-state index is -3.79. The minimum absolute atomic E-state index is 0.118. The molecule has 1 saturated heterocycles. The summed E-state index contributed by atoms with van der Waals surface area (Å²) < 4.78 is 40.1. The van der Waals surface area contributed by atoms with Gasteiger partial charge in [-0.05, 0) is 51.3 Å². The Bertz CT molecular complexity index is 1000. The molecule has 1 atom stereocenters. The van der Waals surface area contributed by atoms with Gasteiger partial charge in [0.2, 0.25) is 10.0 Å². The van der Waals surface area contributed by atoms with Gasteiger partial charge >= 0.3 is 0 Å². The number of sulfonamides is 1. The first-order valence-corrected chi connectivity index (χ1v) is 11.1. The lowest BCUT2D eigenvalue weighted by atomic mass is 10.0. The molecular formula is C20H28N2O5S. The molecule has 2 aromatic rings. The Kier molecular flexibility index (Phi) is 5.84. The van der Waals surface area contributed by atoms with E-state index in [-0.39, 0.29) is 28.2 Å². The third-order valence-corrected chi connectivity index (χ3v) is 7.16. The summed E-state index contributed by atoms with van der Waals surface area (Å²) in [5.41, 5.74) is 2.37. The Balaban J connectivity index is 2.17. The Morgan fingerprint density at radius 2 is 1.86 bits per heavy atom. The molecule has 3 rings (SSSR count). The molecule has 154 valence electrons. The zero-order valence-electron chi connectivity index (χ0n) is 17.1. The first-order valence-electron chi connectivity index (χ1n) is 9.60. The van der Waals surface area contributed by atoms with Crippen LogP contribution < -0.4 is 4.72 Å². The van der Waals surface area contributed by atoms with Gasteiger partial charge in [-0.15, -0.1) is 0 Å². The van der Waals surface area contributed by atoms with Gasteiger partial charge in [0.15, 0.2) is 11.3 Å². The zero-order valence-corrected chi connectivity index (χ0v) is 17.9. The van der Waals surface area contributed by atoms with Crippen LogP contribution in [0.5, 0.6) is 0 Å². The summed E-state index contributed by atoms with van der Waals surface area (Å²) in [4.78, 5) is 14.8. The quantitative estimate of drug-likeness (QED) is 0.822. The van der Waals surface area contributed by atoms with Gasteiger partial charge in [-0.1, -0.05) is 6.92 Å². The maximum atomic E-state index is 13.1. The predicted molar refractivity (Wildman–Crippen MR) is 107 cm³/mol. The summed E-state index contributed by atoms with van der Waals surface area (Å²) >= 11 is 0. The van der Waals surface area contributed by atoms with Crippen LogP contribution in [0.15, 0.2) is 15.4 Å². The highest BCUT2D eigenvalue weighted by molar-refractivity contribution is 7.89. The number of hydrogen-bond donors (Lipinski definition) is 1. The number of benzene rings is 1. The maximum Gasteiger partial charge on any atom is 0.290 e. The van der Waals surface area contributed by atoms with Crippen molar-refractivity contribution in [1.82, 2.24) is 9.62 Å². The third-order valence-electron chi connectivity index (χ3n) is 5.42. The number of ether oxygens (including phenoxy) is 1. The summed E-state index contributed by atoms with van der Waals surface area (Å²) in [7, 11) is -3.79. The fourth-order valence-corrected chi connectivity index (χ4v) is 5.16. The van der Waals surface area contributed by atoms with Crippen LogP contribution in [0.1, 0.15) is 47.5 Å². The molecule has 1 aromatic carbocycles. The number of nitrogens with one attached hydrogen (secondary N) is 1. The van der Waals surface area contributed by atoms with Crippen LogP contribution in [0, 0.1) is 20.8 Å². The molecule has 0 spiro atoms. The van der Waals surface area contributed by atoms with E-state index in [1.54, 1.807) is 18.7 Å². The van der Waals surface area contributed by atoms with Crippen LogP contribution in [0.2, 0.25) is 0 Å². The highest BCUT2D eigenvalue weighted by Gasteiger charge is 2.30. The molecule has 8 heteroatoms. The topological polar surface area (TPSA) is 88.9 Å². The van der Waals surface area contributed by atoms with Crippen molar-refractivity contribution in [2.24, 2.45) is 0 Å². The molecule has 1 aliphatic heterocycles. The lowest BCUT2D eigenvalue weighted by Crippen LogP contribution is -2.40. The Hall–Kier alpha value is -1.90. The predicted octanol–water partition coefficient (Wildman–Crippen LogP) is 2.91. The highest BCUT2D eigenvalue weighted by Crippen LogP contribution is 2.35. The van der Waals surface area contributed by atoms with Crippen LogP contribution in [0.25, 0.3) is 11.0 Å². The molecule has 0 saturated carbocycles. The molecule has 0 bridgehead atoms. The van der Waals surface area contributed by atoms with E-state index in [1.807, 2.05) is 26.8 Å². The summed E-state index contributed by atoms with van der Waals surface area (Å²) in [5.74, 6) is -0.0348. The zero-order chi connectivity index (χ0) is 20.6. The highest BCUT2D eigenvalue weighted by atomic mass is 32.2. The van der Waals surface area contributed by atoms with Gasteiger partial charge in [0, 0.05) is 30.1 Å². The number of carbonyl (C=O) groups excluding carboxylic acids is 1. The van der Waals surface area contributed by atoms with Gasteiger partial charge in [0.05, 0.1) is 13.2 Å². The van der Waals surface area contributed by atoms with Crippen molar-refractivity contribution in [3.8, 4) is 0 Å². The lowest BCUT2D eigenvalue weighted by molar-refractivity contribution is 0.0283. The fraction of sp³-hybridized carbons (Fsp3) is 0.550. The molecule has 0 unspecified atom stereocenters. The van der Waals surface area contributed by atoms with Gasteiger partial charge in [-0.2, -0.15) is 0 Å². The van der Waals surface area contributed by atoms with Crippen LogP contribution in [0.3, 0.4) is 0 Å². The molecule has 2 heterocycles. The van der Waals surface area contributed by atoms with E-state index in [1.165, 1.54) is 0 Å². The normalized spacial score (nSPS) is 16.5. The van der Waals surface area contributed by atoms with Crippen molar-refractivity contribution in [1.29, 1.82) is 0 Å². The lowest BCUT2D eigenvalue weighted by Gasteiger charge is -2.26. The number of aryl methyl sites for hydroxylation is 2. The van der Waals surface area contributed by atoms with E-state index in [4.69, 9.17) is 9.15 Å². The SMILES string of the molecule is CC[C@@H](C)NS(=O)(=O)c1c(C)c(C)cc2c(C)c(C(=O)N3CCOCC3)oc12. The van der Waals surface area contributed by atoms with Crippen molar-refractivity contribution in [3.05, 3.63) is 28.5 Å². The van der Waals surface area contributed by atoms with Crippen molar-refractivity contribution < 1.29 is 22.4 Å². The van der Waals surface area contributed by atoms with Gasteiger partial charge < -0.3 is 14.1 Å². The summed E-state index contributed by atoms with van der Waals surface area (Å²) in [5, 5.41) is 0.657. The number of furan rings is 1. The number of carbonyl (C=O) groups is 1. The van der Waals surface area contributed by atoms with E-state index in [0.717, 1.165) is 5.56 Å². The van der Waals surface area contributed by atoms with Crippen LogP contribution in [0.4, 0.5) is 0 Å². The molecule has 0 aliphatic carbocycles. The monoisotopic (exact) mass is 408 g/mol. The van der Waals surface area contributed by atoms with Gasteiger partial charge in [-0.25, -0.2) is 13.1 Å². The van der Waals surface area contributed by atoms with E-state index in [2.05, 4.69) is 4.72 Å². The number of nitrogens with zero attached hydrogens (tertiary/aromatic N) is 1. The Morgan fingerprint density at radius 1 is 1.21 bits per heavy atom. The Labute approximate surface area is 166 Å². The Morgan fingerprint density at radius 3 is 2.46 bits per heavy atom. The third kappa shape index (κ3) is 3.68. The smallest absolute Gasteiger partial charge is 0.290 e. The molecule has 28 heavy (non-hydrogen) atoms. The van der Waals surface area contributed by atoms with Crippen molar-refractivity contribution >= 4 is 26.9 Å². The number of amides is 1. The molecule has 1 aliphatic rings. The minimum Gasteiger partial charge on any atom is -0.449 e. The van der Waals surface area contributed by atoms with Crippen LogP contribution >= 0.6 is 0 Å². The molecule has 7 nitrogen and oxygen atoms in total. The first-order chi connectivity index (χ1) is 13.2. The molecule has 1 fully saturated rings. The molecular weight excluding hydrogens is 380 g/mol. The van der Waals surface area contributed by atoms with Crippen molar-refractivity contribution in [2.45, 2.75) is 52.0 Å². The van der Waals surface area contributed by atoms with Crippen LogP contribution in [-0.2, 0) is 14.8 Å². The second-order valence-electron chi connectivity index (χ2n) is 7.42. The number of hydrogen-bond acceptors (Lipinski definition) is 5. The summed E-state index contributed by atoms with van der Waals surface area (Å²) in [6.07, 6.45) is 0.672. The van der Waals surface area contributed by atoms with E-state index < -0.39 is 10.0 Å². The summed E-state index contributed by atoms with van der Waals surface area (Å²) in [6, 6.07) is 1.69. The molecule has 1 aromatic heterocycles. The van der Waals surface area contributed by atoms with E-state index >= 15 is 0 Å². The average molecular weight is 409 g/mol. The largest absolute Gasteiger partial charge is 0.449 e. The van der Waals surface area contributed by atoms with Crippen LogP contribution in [-0.4, -0.2) is 51.6 Å². The molecule has 1 amide bonds. The second kappa shape index (κ2) is 7.85. The first kappa shape index (κ1) is 20.8. The van der Waals surface area contributed by atoms with E-state index in [0.29, 0.717) is 49.2 Å². The number of morpholine rings is 1. The molecule has 1 N–H and O–H groups in total. The second-order valence-corrected chi connectivity index (χ2v) is 9.07. The van der Waals surface area contributed by atoms with E-state index in [9.17, 15) is 13.2 Å². The number of rotatable bonds is 5. The standard InChI is InChI=1S/C20H28N2O5S/c1-6-13(3)21-28(24,25)19-14(4)12(2)11-16-15(5)17(27-18(16)19)20(23)22-7-9-26-10-8-22/h11,13,21H,6-10H2,1-5H3/t13-/m1/s1. The van der Waals surface area contributed by atoms with Gasteiger partial charge in [0.1, 0.15) is 4.90 Å². The van der Waals surface area contributed by atoms with Gasteiger partial charge in [-0.3, -0.25) is 4.79 Å². The van der Waals surface area contributed by atoms with Crippen molar-refractivity contribution in [3.63, 3.8) is 0 Å². The fourth-order valence-electron chi connectivity index (χ4n) is 3.39. The van der Waals surface area contributed by atoms with Crippen molar-refractivity contribution in [2.75, 3.05) is 26.3 Å². The maximum absolute atomic E-state index is 13.1. The number of fused-ring (bicyclic) bond motifs is 1.